The molecule has 1 aliphatic heterocycles. The summed E-state index contributed by atoms with van der Waals surface area (Å²) in [5, 5.41) is 3.04. The summed E-state index contributed by atoms with van der Waals surface area (Å²) in [6.45, 7) is 1.75. The van der Waals surface area contributed by atoms with E-state index in [9.17, 15) is 14.4 Å². The first-order valence-electron chi connectivity index (χ1n) is 8.34. The predicted molar refractivity (Wildman–Crippen MR) is 86.0 cm³/mol. The molecule has 0 saturated heterocycles. The smallest absolute Gasteiger partial charge is 0.261 e. The van der Waals surface area contributed by atoms with E-state index in [-0.39, 0.29) is 30.2 Å². The minimum Gasteiger partial charge on any atom is -0.353 e. The lowest BCUT2D eigenvalue weighted by Crippen LogP contribution is -2.43. The van der Waals surface area contributed by atoms with Gasteiger partial charge in [-0.05, 0) is 31.9 Å². The maximum Gasteiger partial charge on any atom is 0.261 e. The lowest BCUT2D eigenvalue weighted by molar-refractivity contribution is -0.122. The van der Waals surface area contributed by atoms with Crippen LogP contribution in [0.4, 0.5) is 0 Å². The van der Waals surface area contributed by atoms with E-state index in [0.717, 1.165) is 25.7 Å². The van der Waals surface area contributed by atoms with Crippen molar-refractivity contribution in [3.63, 3.8) is 0 Å². The molecular weight excluding hydrogens is 292 g/mol. The molecule has 122 valence electrons. The van der Waals surface area contributed by atoms with Crippen LogP contribution in [0.25, 0.3) is 0 Å². The minimum atomic E-state index is -0.439. The summed E-state index contributed by atoms with van der Waals surface area (Å²) in [4.78, 5) is 38.2. The number of imide groups is 1. The first-order chi connectivity index (χ1) is 11.1. The molecule has 3 rings (SSSR count). The number of fused-ring (bicyclic) bond motifs is 1. The molecule has 0 aromatic heterocycles. The Hall–Kier alpha value is -2.17. The van der Waals surface area contributed by atoms with Crippen LogP contribution in [0.1, 0.15) is 66.2 Å². The predicted octanol–water partition coefficient (Wildman–Crippen LogP) is 2.51. The summed E-state index contributed by atoms with van der Waals surface area (Å²) in [5.41, 5.74) is 0.856. The summed E-state index contributed by atoms with van der Waals surface area (Å²) < 4.78 is 0. The van der Waals surface area contributed by atoms with Gasteiger partial charge in [0, 0.05) is 18.5 Å². The van der Waals surface area contributed by atoms with Gasteiger partial charge in [0.15, 0.2) is 0 Å². The summed E-state index contributed by atoms with van der Waals surface area (Å²) in [7, 11) is 0. The molecule has 23 heavy (non-hydrogen) atoms. The molecule has 1 N–H and O–H groups in total. The van der Waals surface area contributed by atoms with Crippen LogP contribution in [-0.2, 0) is 4.79 Å². The van der Waals surface area contributed by atoms with Gasteiger partial charge in [-0.1, -0.05) is 31.4 Å². The van der Waals surface area contributed by atoms with Gasteiger partial charge in [-0.3, -0.25) is 19.3 Å². The van der Waals surface area contributed by atoms with Gasteiger partial charge in [0.2, 0.25) is 5.91 Å². The third-order valence-electron chi connectivity index (χ3n) is 4.72. The number of nitrogens with one attached hydrogen (secondary N) is 1. The fourth-order valence-corrected chi connectivity index (χ4v) is 3.50. The molecule has 0 spiro atoms. The van der Waals surface area contributed by atoms with Gasteiger partial charge >= 0.3 is 0 Å². The Morgan fingerprint density at radius 3 is 2.26 bits per heavy atom. The highest BCUT2D eigenvalue weighted by Crippen LogP contribution is 2.25. The Labute approximate surface area is 136 Å². The SMILES string of the molecule is CC(CC(=O)NC1CCCCC1)N1C(=O)c2ccccc2C1=O. The largest absolute Gasteiger partial charge is 0.353 e. The molecule has 0 bridgehead atoms. The number of hydrogen-bond acceptors (Lipinski definition) is 3. The van der Waals surface area contributed by atoms with Crippen molar-refractivity contribution in [2.45, 2.75) is 57.5 Å². The lowest BCUT2D eigenvalue weighted by atomic mass is 9.95. The Morgan fingerprint density at radius 2 is 1.70 bits per heavy atom. The van der Waals surface area contributed by atoms with Crippen LogP contribution in [0.2, 0.25) is 0 Å². The van der Waals surface area contributed by atoms with Crippen molar-refractivity contribution in [2.75, 3.05) is 0 Å². The van der Waals surface area contributed by atoms with E-state index in [0.29, 0.717) is 11.1 Å². The van der Waals surface area contributed by atoms with Crippen molar-refractivity contribution in [1.29, 1.82) is 0 Å². The second-order valence-electron chi connectivity index (χ2n) is 6.48. The van der Waals surface area contributed by atoms with E-state index >= 15 is 0 Å². The molecule has 5 heteroatoms. The maximum absolute atomic E-state index is 12.4. The van der Waals surface area contributed by atoms with Crippen molar-refractivity contribution in [3.05, 3.63) is 35.4 Å². The summed E-state index contributed by atoms with van der Waals surface area (Å²) in [6, 6.07) is 6.60. The Balaban J connectivity index is 1.62. The van der Waals surface area contributed by atoms with Crippen LogP contribution in [-0.4, -0.2) is 34.7 Å². The van der Waals surface area contributed by atoms with Gasteiger partial charge in [-0.15, -0.1) is 0 Å². The van der Waals surface area contributed by atoms with Gasteiger partial charge < -0.3 is 5.32 Å². The molecule has 1 unspecified atom stereocenters. The van der Waals surface area contributed by atoms with Gasteiger partial charge in [-0.25, -0.2) is 0 Å². The summed E-state index contributed by atoms with van der Waals surface area (Å²) >= 11 is 0. The van der Waals surface area contributed by atoms with Crippen LogP contribution in [0.5, 0.6) is 0 Å². The number of amides is 3. The Bertz CT molecular complexity index is 600. The zero-order chi connectivity index (χ0) is 16.4. The van der Waals surface area contributed by atoms with E-state index in [2.05, 4.69) is 5.32 Å². The number of carbonyl (C=O) groups excluding carboxylic acids is 3. The molecule has 1 atom stereocenters. The average Bonchev–Trinajstić information content (AvgIpc) is 2.80. The minimum absolute atomic E-state index is 0.0824. The third kappa shape index (κ3) is 3.14. The van der Waals surface area contributed by atoms with Crippen molar-refractivity contribution in [1.82, 2.24) is 10.2 Å². The van der Waals surface area contributed by atoms with Gasteiger partial charge in [0.05, 0.1) is 11.1 Å². The van der Waals surface area contributed by atoms with Gasteiger partial charge in [0.1, 0.15) is 0 Å². The van der Waals surface area contributed by atoms with E-state index < -0.39 is 6.04 Å². The topological polar surface area (TPSA) is 66.5 Å². The van der Waals surface area contributed by atoms with Crippen LogP contribution in [0.15, 0.2) is 24.3 Å². The highest BCUT2D eigenvalue weighted by atomic mass is 16.2. The quantitative estimate of drug-likeness (QED) is 0.868. The van der Waals surface area contributed by atoms with Gasteiger partial charge in [-0.2, -0.15) is 0 Å². The van der Waals surface area contributed by atoms with E-state index in [1.54, 1.807) is 31.2 Å². The average molecular weight is 314 g/mol. The number of carbonyl (C=O) groups is 3. The number of rotatable bonds is 4. The highest BCUT2D eigenvalue weighted by Gasteiger charge is 2.38. The molecular formula is C18H22N2O3. The maximum atomic E-state index is 12.4. The van der Waals surface area contributed by atoms with Crippen molar-refractivity contribution in [2.24, 2.45) is 0 Å². The summed E-state index contributed by atoms with van der Waals surface area (Å²) in [6.07, 6.45) is 5.73. The van der Waals surface area contributed by atoms with Crippen molar-refractivity contribution >= 4 is 17.7 Å². The third-order valence-corrected chi connectivity index (χ3v) is 4.72. The Morgan fingerprint density at radius 1 is 1.13 bits per heavy atom. The molecule has 2 aliphatic rings. The van der Waals surface area contributed by atoms with Crippen molar-refractivity contribution in [3.8, 4) is 0 Å². The molecule has 1 heterocycles. The van der Waals surface area contributed by atoms with Crippen LogP contribution in [0.3, 0.4) is 0 Å². The van der Waals surface area contributed by atoms with E-state index in [4.69, 9.17) is 0 Å². The molecule has 1 aliphatic carbocycles. The van der Waals surface area contributed by atoms with E-state index in [1.807, 2.05) is 0 Å². The zero-order valence-corrected chi connectivity index (χ0v) is 13.4. The van der Waals surface area contributed by atoms with Crippen LogP contribution >= 0.6 is 0 Å². The first-order valence-corrected chi connectivity index (χ1v) is 8.34. The number of hydrogen-bond donors (Lipinski definition) is 1. The monoisotopic (exact) mass is 314 g/mol. The molecule has 3 amide bonds. The fraction of sp³-hybridized carbons (Fsp3) is 0.500. The summed E-state index contributed by atoms with van der Waals surface area (Å²) in [5.74, 6) is -0.687. The van der Waals surface area contributed by atoms with Crippen LogP contribution < -0.4 is 5.32 Å². The second kappa shape index (κ2) is 6.52. The number of nitrogens with zero attached hydrogens (tertiary/aromatic N) is 1. The van der Waals surface area contributed by atoms with Crippen LogP contribution in [0, 0.1) is 0 Å². The highest BCUT2D eigenvalue weighted by molar-refractivity contribution is 6.21. The molecule has 0 radical (unpaired) electrons. The molecule has 5 nitrogen and oxygen atoms in total. The Kier molecular flexibility index (Phi) is 4.46. The molecule has 1 aromatic carbocycles. The zero-order valence-electron chi connectivity index (χ0n) is 13.4. The normalized spacial score (nSPS) is 19.6. The van der Waals surface area contributed by atoms with Gasteiger partial charge in [0.25, 0.3) is 11.8 Å². The number of benzene rings is 1. The van der Waals surface area contributed by atoms with Crippen molar-refractivity contribution < 1.29 is 14.4 Å². The first kappa shape index (κ1) is 15.7. The standard InChI is InChI=1S/C18H22N2O3/c1-12(11-16(21)19-13-7-3-2-4-8-13)20-17(22)14-9-5-6-10-15(14)18(20)23/h5-6,9-10,12-13H,2-4,7-8,11H2,1H3,(H,19,21). The molecule has 1 saturated carbocycles. The molecule has 1 fully saturated rings. The lowest BCUT2D eigenvalue weighted by Gasteiger charge is -2.25. The van der Waals surface area contributed by atoms with E-state index in [1.165, 1.54) is 11.3 Å². The fourth-order valence-electron chi connectivity index (χ4n) is 3.50. The second-order valence-corrected chi connectivity index (χ2v) is 6.48. The molecule has 1 aromatic rings.